The Morgan fingerprint density at radius 1 is 1.30 bits per heavy atom. The molecule has 0 aliphatic carbocycles. The van der Waals surface area contributed by atoms with Gasteiger partial charge >= 0.3 is 0 Å². The zero-order valence-corrected chi connectivity index (χ0v) is 5.79. The van der Waals surface area contributed by atoms with Crippen molar-refractivity contribution in [3.05, 3.63) is 4.91 Å². The summed E-state index contributed by atoms with van der Waals surface area (Å²) in [5.74, 6) is -0.653. The van der Waals surface area contributed by atoms with E-state index in [0.717, 1.165) is 0 Å². The van der Waals surface area contributed by atoms with E-state index in [1.165, 1.54) is 6.92 Å². The smallest absolute Gasteiger partial charge is 0.286 e. The molecule has 0 heterocycles. The van der Waals surface area contributed by atoms with Crippen LogP contribution in [0.4, 0.5) is 0 Å². The molecule has 0 fully saturated rings. The second-order valence-electron chi connectivity index (χ2n) is 2.04. The molecule has 0 atom stereocenters. The molecule has 0 rings (SSSR count). The minimum absolute atomic E-state index is 0.0266. The van der Waals surface area contributed by atoms with Crippen LogP contribution in [0.3, 0.4) is 0 Å². The molecule has 0 spiro atoms. The van der Waals surface area contributed by atoms with Gasteiger partial charge in [-0.25, -0.2) is 0 Å². The van der Waals surface area contributed by atoms with Crippen LogP contribution in [0.25, 0.3) is 0 Å². The molecule has 4 heteroatoms. The van der Waals surface area contributed by atoms with Crippen molar-refractivity contribution < 1.29 is 9.59 Å². The van der Waals surface area contributed by atoms with Gasteiger partial charge in [0.05, 0.1) is 0 Å². The van der Waals surface area contributed by atoms with Gasteiger partial charge in [-0.2, -0.15) is 0 Å². The third kappa shape index (κ3) is 5.08. The van der Waals surface area contributed by atoms with Crippen molar-refractivity contribution in [2.75, 3.05) is 0 Å². The second kappa shape index (κ2) is 4.78. The first-order valence-corrected chi connectivity index (χ1v) is 3.02. The van der Waals surface area contributed by atoms with E-state index in [9.17, 15) is 14.5 Å². The van der Waals surface area contributed by atoms with Crippen LogP contribution in [-0.2, 0) is 9.59 Å². The minimum Gasteiger partial charge on any atom is -0.300 e. The number of carbonyl (C=O) groups excluding carboxylic acids is 2. The van der Waals surface area contributed by atoms with E-state index in [1.54, 1.807) is 0 Å². The van der Waals surface area contributed by atoms with Crippen molar-refractivity contribution in [1.82, 2.24) is 0 Å². The summed E-state index contributed by atoms with van der Waals surface area (Å²) in [4.78, 5) is 30.0. The molecule has 1 amide bonds. The first-order chi connectivity index (χ1) is 4.66. The zero-order valence-electron chi connectivity index (χ0n) is 5.79. The Kier molecular flexibility index (Phi) is 4.28. The van der Waals surface area contributed by atoms with E-state index in [2.05, 4.69) is 5.18 Å². The van der Waals surface area contributed by atoms with Gasteiger partial charge in [0.2, 0.25) is 0 Å². The molecule has 0 aliphatic heterocycles. The normalized spacial score (nSPS) is 8.90. The van der Waals surface area contributed by atoms with Gasteiger partial charge in [0.15, 0.2) is 0 Å². The Labute approximate surface area is 58.6 Å². The maximum atomic E-state index is 10.3. The van der Waals surface area contributed by atoms with Gasteiger partial charge in [-0.1, -0.05) is 0 Å². The maximum absolute atomic E-state index is 10.3. The largest absolute Gasteiger partial charge is 0.300 e. The molecule has 0 saturated carbocycles. The number of nitroso groups, excluding NO2 is 1. The average Bonchev–Trinajstić information content (AvgIpc) is 1.87. The maximum Gasteiger partial charge on any atom is 0.286 e. The van der Waals surface area contributed by atoms with Crippen molar-refractivity contribution in [2.45, 2.75) is 26.2 Å². The van der Waals surface area contributed by atoms with Crippen molar-refractivity contribution in [2.24, 2.45) is 5.18 Å². The summed E-state index contributed by atoms with van der Waals surface area (Å²) in [6, 6.07) is 0. The zero-order chi connectivity index (χ0) is 7.98. The Hall–Kier alpha value is -1.06. The van der Waals surface area contributed by atoms with Crippen molar-refractivity contribution in [1.29, 1.82) is 0 Å². The lowest BCUT2D eigenvalue weighted by atomic mass is 10.2. The SMILES string of the molecule is CC(=O)CCCC(=O)N=O. The summed E-state index contributed by atoms with van der Waals surface area (Å²) >= 11 is 0. The molecule has 4 nitrogen and oxygen atoms in total. The molecule has 0 aromatic carbocycles. The molecule has 10 heavy (non-hydrogen) atoms. The van der Waals surface area contributed by atoms with E-state index in [1.807, 2.05) is 0 Å². The highest BCUT2D eigenvalue weighted by atomic mass is 16.3. The van der Waals surface area contributed by atoms with Gasteiger partial charge in [0.1, 0.15) is 5.78 Å². The monoisotopic (exact) mass is 143 g/mol. The van der Waals surface area contributed by atoms with Gasteiger partial charge in [0, 0.05) is 18.0 Å². The van der Waals surface area contributed by atoms with Crippen molar-refractivity contribution in [3.8, 4) is 0 Å². The molecular weight excluding hydrogens is 134 g/mol. The van der Waals surface area contributed by atoms with Crippen LogP contribution in [0.5, 0.6) is 0 Å². The van der Waals surface area contributed by atoms with Crippen LogP contribution >= 0.6 is 0 Å². The lowest BCUT2D eigenvalue weighted by Gasteiger charge is -1.89. The highest BCUT2D eigenvalue weighted by Crippen LogP contribution is 1.97. The van der Waals surface area contributed by atoms with Crippen LogP contribution < -0.4 is 0 Å². The molecule has 0 aliphatic rings. The van der Waals surface area contributed by atoms with Gasteiger partial charge in [-0.3, -0.25) is 4.79 Å². The van der Waals surface area contributed by atoms with E-state index in [0.29, 0.717) is 12.8 Å². The molecular formula is C6H9NO3. The lowest BCUT2D eigenvalue weighted by Crippen LogP contribution is -1.95. The Balaban J connectivity index is 3.28. The van der Waals surface area contributed by atoms with Gasteiger partial charge in [0.25, 0.3) is 5.91 Å². The predicted octanol–water partition coefficient (Wildman–Crippen LogP) is 1.04. The van der Waals surface area contributed by atoms with Gasteiger partial charge < -0.3 is 4.79 Å². The van der Waals surface area contributed by atoms with E-state index < -0.39 is 5.91 Å². The summed E-state index contributed by atoms with van der Waals surface area (Å²) < 4.78 is 0. The number of rotatable bonds is 4. The number of carbonyl (C=O) groups is 2. The molecule has 0 bridgehead atoms. The molecule has 0 N–H and O–H groups in total. The Morgan fingerprint density at radius 3 is 2.30 bits per heavy atom. The Morgan fingerprint density at radius 2 is 1.90 bits per heavy atom. The van der Waals surface area contributed by atoms with E-state index >= 15 is 0 Å². The lowest BCUT2D eigenvalue weighted by molar-refractivity contribution is -0.118. The third-order valence-electron chi connectivity index (χ3n) is 1.02. The number of ketones is 1. The summed E-state index contributed by atoms with van der Waals surface area (Å²) in [7, 11) is 0. The number of amides is 1. The summed E-state index contributed by atoms with van der Waals surface area (Å²) in [6.07, 6.45) is 0.865. The van der Waals surface area contributed by atoms with Gasteiger partial charge in [-0.05, 0) is 13.3 Å². The Bertz CT molecular complexity index is 153. The fraction of sp³-hybridized carbons (Fsp3) is 0.667. The topological polar surface area (TPSA) is 63.6 Å². The second-order valence-corrected chi connectivity index (χ2v) is 2.04. The highest BCUT2D eigenvalue weighted by Gasteiger charge is 2.00. The van der Waals surface area contributed by atoms with Crippen LogP contribution in [0.2, 0.25) is 0 Å². The summed E-state index contributed by atoms with van der Waals surface area (Å²) in [5, 5.41) is 2.19. The fourth-order valence-electron chi connectivity index (χ4n) is 0.534. The van der Waals surface area contributed by atoms with Crippen LogP contribution in [-0.4, -0.2) is 11.7 Å². The van der Waals surface area contributed by atoms with Crippen LogP contribution in [0.1, 0.15) is 26.2 Å². The number of hydrogen-bond donors (Lipinski definition) is 0. The average molecular weight is 143 g/mol. The van der Waals surface area contributed by atoms with E-state index in [-0.39, 0.29) is 12.2 Å². The quantitative estimate of drug-likeness (QED) is 0.552. The number of Topliss-reactive ketones (excluding diaryl/α,β-unsaturated/α-hetero) is 1. The van der Waals surface area contributed by atoms with Crippen LogP contribution in [0, 0.1) is 4.91 Å². The summed E-state index contributed by atoms with van der Waals surface area (Å²) in [6.45, 7) is 1.44. The molecule has 0 saturated heterocycles. The number of hydrogen-bond acceptors (Lipinski definition) is 3. The third-order valence-corrected chi connectivity index (χ3v) is 1.02. The predicted molar refractivity (Wildman–Crippen MR) is 35.3 cm³/mol. The molecule has 0 aromatic heterocycles. The highest BCUT2D eigenvalue weighted by molar-refractivity contribution is 5.78. The van der Waals surface area contributed by atoms with Crippen molar-refractivity contribution in [3.63, 3.8) is 0 Å². The standard InChI is InChI=1S/C6H9NO3/c1-5(8)3-2-4-6(9)7-10/h2-4H2,1H3. The molecule has 0 unspecified atom stereocenters. The van der Waals surface area contributed by atoms with Gasteiger partial charge in [-0.15, -0.1) is 4.91 Å². The molecule has 0 radical (unpaired) electrons. The molecule has 56 valence electrons. The minimum atomic E-state index is -0.679. The summed E-state index contributed by atoms with van der Waals surface area (Å²) in [5.41, 5.74) is 0. The number of nitrogens with zero attached hydrogens (tertiary/aromatic N) is 1. The van der Waals surface area contributed by atoms with E-state index in [4.69, 9.17) is 0 Å². The van der Waals surface area contributed by atoms with Crippen LogP contribution in [0.15, 0.2) is 5.18 Å². The first-order valence-electron chi connectivity index (χ1n) is 3.02. The first kappa shape index (κ1) is 8.94. The fourth-order valence-corrected chi connectivity index (χ4v) is 0.534. The van der Waals surface area contributed by atoms with Crippen molar-refractivity contribution >= 4 is 11.7 Å². The molecule has 0 aromatic rings.